The van der Waals surface area contributed by atoms with E-state index in [0.717, 1.165) is 12.4 Å². The van der Waals surface area contributed by atoms with E-state index in [4.69, 9.17) is 12.2 Å². The lowest BCUT2D eigenvalue weighted by atomic mass is 10.6. The van der Waals surface area contributed by atoms with Gasteiger partial charge in [0.05, 0.1) is 0 Å². The van der Waals surface area contributed by atoms with Crippen LogP contribution < -0.4 is 0 Å². The Kier molecular flexibility index (Phi) is 1.97. The summed E-state index contributed by atoms with van der Waals surface area (Å²) in [4.78, 5) is 0. The molecule has 0 atom stereocenters. The van der Waals surface area contributed by atoms with Crippen LogP contribution in [0.5, 0.6) is 0 Å². The average molecular weight is 195 g/mol. The third kappa shape index (κ3) is 1.40. The van der Waals surface area contributed by atoms with Crippen LogP contribution in [0.1, 0.15) is 6.92 Å². The summed E-state index contributed by atoms with van der Waals surface area (Å²) in [6.07, 6.45) is 3.52. The minimum Gasteiger partial charge on any atom is -0.271 e. The number of aromatic nitrogens is 5. The third-order valence-electron chi connectivity index (χ3n) is 1.75. The fraction of sp³-hybridized carbons (Fsp3) is 0.286. The summed E-state index contributed by atoms with van der Waals surface area (Å²) in [5, 5.41) is 10.8. The van der Waals surface area contributed by atoms with Crippen LogP contribution in [0.4, 0.5) is 0 Å². The van der Waals surface area contributed by atoms with E-state index in [-0.39, 0.29) is 0 Å². The number of hydrogen-bond donors (Lipinski definition) is 1. The van der Waals surface area contributed by atoms with E-state index in [9.17, 15) is 0 Å². The van der Waals surface area contributed by atoms with Crippen molar-refractivity contribution in [3.63, 3.8) is 0 Å². The summed E-state index contributed by atoms with van der Waals surface area (Å²) in [7, 11) is 0. The molecule has 0 unspecified atom stereocenters. The van der Waals surface area contributed by atoms with Crippen LogP contribution in [0, 0.1) is 4.77 Å². The van der Waals surface area contributed by atoms with Gasteiger partial charge in [-0.15, -0.1) is 0 Å². The van der Waals surface area contributed by atoms with Crippen molar-refractivity contribution >= 4 is 12.2 Å². The van der Waals surface area contributed by atoms with E-state index < -0.39 is 0 Å². The van der Waals surface area contributed by atoms with Crippen LogP contribution in [-0.4, -0.2) is 24.5 Å². The molecule has 0 aliphatic heterocycles. The smallest absolute Gasteiger partial charge is 0.200 e. The van der Waals surface area contributed by atoms with Crippen LogP contribution in [-0.2, 0) is 6.54 Å². The van der Waals surface area contributed by atoms with E-state index in [1.54, 1.807) is 10.9 Å². The van der Waals surface area contributed by atoms with Crippen molar-refractivity contribution < 1.29 is 0 Å². The normalized spacial score (nSPS) is 10.5. The Balaban J connectivity index is 2.47. The van der Waals surface area contributed by atoms with Gasteiger partial charge in [0.1, 0.15) is 6.33 Å². The van der Waals surface area contributed by atoms with Crippen LogP contribution in [0.25, 0.3) is 5.82 Å². The van der Waals surface area contributed by atoms with Gasteiger partial charge in [-0.2, -0.15) is 10.2 Å². The summed E-state index contributed by atoms with van der Waals surface area (Å²) in [6.45, 7) is 2.89. The Morgan fingerprint density at radius 1 is 1.62 bits per heavy atom. The number of aromatic amines is 1. The zero-order valence-electron chi connectivity index (χ0n) is 7.14. The fourth-order valence-electron chi connectivity index (χ4n) is 1.07. The second kappa shape index (κ2) is 3.14. The second-order valence-corrected chi connectivity index (χ2v) is 2.95. The number of nitrogens with zero attached hydrogens (tertiary/aromatic N) is 4. The van der Waals surface area contributed by atoms with Crippen molar-refractivity contribution in [2.24, 2.45) is 0 Å². The number of rotatable bonds is 2. The van der Waals surface area contributed by atoms with Crippen LogP contribution in [0.3, 0.4) is 0 Å². The van der Waals surface area contributed by atoms with Crippen molar-refractivity contribution in [1.82, 2.24) is 24.5 Å². The van der Waals surface area contributed by atoms with Gasteiger partial charge in [-0.05, 0) is 19.1 Å². The maximum absolute atomic E-state index is 5.01. The molecule has 2 aromatic rings. The van der Waals surface area contributed by atoms with Gasteiger partial charge in [0.2, 0.25) is 4.77 Å². The van der Waals surface area contributed by atoms with Crippen molar-refractivity contribution in [2.75, 3.05) is 0 Å². The lowest BCUT2D eigenvalue weighted by Crippen LogP contribution is -1.98. The predicted molar refractivity (Wildman–Crippen MR) is 50.2 cm³/mol. The molecule has 0 amide bonds. The highest BCUT2D eigenvalue weighted by Crippen LogP contribution is 2.02. The molecule has 0 aromatic carbocycles. The monoisotopic (exact) mass is 195 g/mol. The minimum atomic E-state index is 0.557. The van der Waals surface area contributed by atoms with E-state index in [2.05, 4.69) is 15.3 Å². The molecule has 6 heteroatoms. The highest BCUT2D eigenvalue weighted by Gasteiger charge is 2.01. The van der Waals surface area contributed by atoms with Gasteiger partial charge < -0.3 is 0 Å². The van der Waals surface area contributed by atoms with Gasteiger partial charge in [-0.1, -0.05) is 0 Å². The summed E-state index contributed by atoms with van der Waals surface area (Å²) < 4.78 is 4.12. The highest BCUT2D eigenvalue weighted by molar-refractivity contribution is 7.71. The summed E-state index contributed by atoms with van der Waals surface area (Å²) >= 11 is 5.01. The van der Waals surface area contributed by atoms with Crippen LogP contribution in [0.2, 0.25) is 0 Å². The Hall–Kier alpha value is -1.43. The second-order valence-electron chi connectivity index (χ2n) is 2.56. The number of H-pyrrole nitrogens is 1. The molecule has 0 saturated carbocycles. The lowest BCUT2D eigenvalue weighted by Gasteiger charge is -1.94. The molecule has 68 valence electrons. The largest absolute Gasteiger partial charge is 0.271 e. The predicted octanol–water partition coefficient (Wildman–Crippen LogP) is 1.15. The summed E-state index contributed by atoms with van der Waals surface area (Å²) in [5.41, 5.74) is 0. The SMILES string of the molecule is CCn1ccc(-n2cn[nH]c2=S)n1. The quantitative estimate of drug-likeness (QED) is 0.731. The molecule has 5 nitrogen and oxygen atoms in total. The first kappa shape index (κ1) is 8.18. The van der Waals surface area contributed by atoms with Gasteiger partial charge in [-0.25, -0.2) is 0 Å². The molecule has 0 aliphatic carbocycles. The van der Waals surface area contributed by atoms with E-state index in [1.807, 2.05) is 23.9 Å². The van der Waals surface area contributed by atoms with Crippen molar-refractivity contribution in [3.8, 4) is 5.82 Å². The van der Waals surface area contributed by atoms with Crippen LogP contribution in [0.15, 0.2) is 18.6 Å². The van der Waals surface area contributed by atoms with Gasteiger partial charge in [0.15, 0.2) is 5.82 Å². The van der Waals surface area contributed by atoms with E-state index in [1.165, 1.54) is 0 Å². The minimum absolute atomic E-state index is 0.557. The number of aryl methyl sites for hydroxylation is 1. The van der Waals surface area contributed by atoms with Gasteiger partial charge >= 0.3 is 0 Å². The molecule has 0 aliphatic rings. The molecule has 0 spiro atoms. The molecule has 2 rings (SSSR count). The zero-order chi connectivity index (χ0) is 9.26. The summed E-state index contributed by atoms with van der Waals surface area (Å²) in [5.74, 6) is 0.792. The first-order valence-corrected chi connectivity index (χ1v) is 4.38. The molecule has 0 radical (unpaired) electrons. The Morgan fingerprint density at radius 2 is 2.46 bits per heavy atom. The van der Waals surface area contributed by atoms with Crippen molar-refractivity contribution in [1.29, 1.82) is 0 Å². The standard InChI is InChI=1S/C7H9N5S/c1-2-11-4-3-6(10-11)12-5-8-9-7(12)13/h3-5H,2H2,1H3,(H,9,13). The van der Waals surface area contributed by atoms with Crippen LogP contribution >= 0.6 is 12.2 Å². The molecule has 0 bridgehead atoms. The number of nitrogens with one attached hydrogen (secondary N) is 1. The maximum Gasteiger partial charge on any atom is 0.200 e. The molecule has 1 N–H and O–H groups in total. The van der Waals surface area contributed by atoms with E-state index in [0.29, 0.717) is 4.77 Å². The molecule has 0 saturated heterocycles. The van der Waals surface area contributed by atoms with Gasteiger partial charge in [-0.3, -0.25) is 14.3 Å². The molecular weight excluding hydrogens is 186 g/mol. The molecule has 2 aromatic heterocycles. The topological polar surface area (TPSA) is 51.4 Å². The molecule has 2 heterocycles. The molecule has 13 heavy (non-hydrogen) atoms. The first-order chi connectivity index (χ1) is 6.31. The van der Waals surface area contributed by atoms with E-state index >= 15 is 0 Å². The third-order valence-corrected chi connectivity index (χ3v) is 2.04. The number of hydrogen-bond acceptors (Lipinski definition) is 3. The Morgan fingerprint density at radius 3 is 3.00 bits per heavy atom. The van der Waals surface area contributed by atoms with Gasteiger partial charge in [0, 0.05) is 18.8 Å². The zero-order valence-corrected chi connectivity index (χ0v) is 7.95. The molecule has 0 fully saturated rings. The van der Waals surface area contributed by atoms with Crippen molar-refractivity contribution in [3.05, 3.63) is 23.4 Å². The first-order valence-electron chi connectivity index (χ1n) is 3.97. The molecular formula is C7H9N5S. The maximum atomic E-state index is 5.01. The lowest BCUT2D eigenvalue weighted by molar-refractivity contribution is 0.652. The Bertz CT molecular complexity index is 451. The highest BCUT2D eigenvalue weighted by atomic mass is 32.1. The summed E-state index contributed by atoms with van der Waals surface area (Å²) in [6, 6.07) is 1.90. The van der Waals surface area contributed by atoms with Gasteiger partial charge in [0.25, 0.3) is 0 Å². The average Bonchev–Trinajstić information content (AvgIpc) is 2.71. The van der Waals surface area contributed by atoms with Crippen molar-refractivity contribution in [2.45, 2.75) is 13.5 Å². The fourth-order valence-corrected chi connectivity index (χ4v) is 1.26. The Labute approximate surface area is 80.0 Å².